The summed E-state index contributed by atoms with van der Waals surface area (Å²) in [6, 6.07) is 0.259. The number of carboxylic acid groups (broad SMARTS) is 2. The lowest BCUT2D eigenvalue weighted by molar-refractivity contribution is -0.159. The summed E-state index contributed by atoms with van der Waals surface area (Å²) in [5.41, 5.74) is -0.406. The van der Waals surface area contributed by atoms with Crippen LogP contribution >= 0.6 is 0 Å². The Kier molecular flexibility index (Phi) is 7.72. The van der Waals surface area contributed by atoms with Gasteiger partial charge in [-0.25, -0.2) is 14.4 Å². The summed E-state index contributed by atoms with van der Waals surface area (Å²) in [5.74, 6) is -3.65. The molecule has 1 rings (SSSR count). The first-order valence-electron chi connectivity index (χ1n) is 6.71. The molecule has 122 valence electrons. The van der Waals surface area contributed by atoms with Gasteiger partial charge in [0.05, 0.1) is 0 Å². The molecule has 1 amide bonds. The number of ether oxygens (including phenoxy) is 1. The molecule has 0 aromatic rings. The minimum absolute atomic E-state index is 0.196. The van der Waals surface area contributed by atoms with Crippen molar-refractivity contribution >= 4 is 18.0 Å². The number of carbonyl (C=O) groups excluding carboxylic acids is 1. The van der Waals surface area contributed by atoms with E-state index in [2.05, 4.69) is 12.2 Å². The van der Waals surface area contributed by atoms with Crippen LogP contribution in [-0.4, -0.2) is 64.4 Å². The number of carboxylic acids is 2. The predicted octanol–water partition coefficient (Wildman–Crippen LogP) is 0.761. The Morgan fingerprint density at radius 3 is 2.10 bits per heavy atom. The van der Waals surface area contributed by atoms with E-state index in [4.69, 9.17) is 24.5 Å². The molecular weight excluding hydrogens is 280 g/mol. The first-order valence-corrected chi connectivity index (χ1v) is 6.71. The lowest BCUT2D eigenvalue weighted by Gasteiger charge is -2.30. The van der Waals surface area contributed by atoms with E-state index >= 15 is 0 Å². The molecule has 1 atom stereocenters. The molecule has 1 aliphatic rings. The normalized spacial score (nSPS) is 18.9. The van der Waals surface area contributed by atoms with E-state index in [0.717, 1.165) is 26.1 Å². The van der Waals surface area contributed by atoms with Crippen LogP contribution < -0.4 is 5.32 Å². The number of rotatable bonds is 0. The molecule has 1 saturated heterocycles. The Morgan fingerprint density at radius 1 is 1.14 bits per heavy atom. The average Bonchev–Trinajstić information content (AvgIpc) is 2.52. The van der Waals surface area contributed by atoms with Crippen molar-refractivity contribution < 1.29 is 29.3 Å². The number of nitrogens with zero attached hydrogens (tertiary/aromatic N) is 1. The van der Waals surface area contributed by atoms with E-state index in [9.17, 15) is 4.79 Å². The van der Waals surface area contributed by atoms with Crippen LogP contribution in [0.4, 0.5) is 4.79 Å². The van der Waals surface area contributed by atoms with E-state index in [1.807, 2.05) is 25.7 Å². The number of amides is 1. The molecule has 0 bridgehead atoms. The summed E-state index contributed by atoms with van der Waals surface area (Å²) in [6.45, 7) is 10.3. The highest BCUT2D eigenvalue weighted by Gasteiger charge is 2.26. The lowest BCUT2D eigenvalue weighted by atomic mass is 10.2. The van der Waals surface area contributed by atoms with Gasteiger partial charge in [-0.15, -0.1) is 0 Å². The maximum atomic E-state index is 11.9. The number of hydrogen-bond donors (Lipinski definition) is 3. The minimum Gasteiger partial charge on any atom is -0.473 e. The van der Waals surface area contributed by atoms with Crippen molar-refractivity contribution in [3.63, 3.8) is 0 Å². The maximum absolute atomic E-state index is 11.9. The minimum atomic E-state index is -1.82. The molecular formula is C13H24N2O6. The monoisotopic (exact) mass is 304 g/mol. The highest BCUT2D eigenvalue weighted by Crippen LogP contribution is 2.13. The van der Waals surface area contributed by atoms with Crippen LogP contribution in [0, 0.1) is 0 Å². The second kappa shape index (κ2) is 8.46. The van der Waals surface area contributed by atoms with Gasteiger partial charge in [-0.05, 0) is 40.7 Å². The van der Waals surface area contributed by atoms with E-state index in [1.54, 1.807) is 0 Å². The molecule has 0 saturated carbocycles. The molecule has 1 aliphatic heterocycles. The predicted molar refractivity (Wildman–Crippen MR) is 75.2 cm³/mol. The van der Waals surface area contributed by atoms with Crippen LogP contribution in [0.5, 0.6) is 0 Å². The highest BCUT2D eigenvalue weighted by atomic mass is 16.6. The molecule has 21 heavy (non-hydrogen) atoms. The summed E-state index contributed by atoms with van der Waals surface area (Å²) in [7, 11) is 0. The second-order valence-electron chi connectivity index (χ2n) is 5.67. The van der Waals surface area contributed by atoms with Crippen LogP contribution in [0.1, 0.15) is 34.1 Å². The quantitative estimate of drug-likeness (QED) is 0.566. The van der Waals surface area contributed by atoms with E-state index < -0.39 is 17.5 Å². The first kappa shape index (κ1) is 19.2. The third-order valence-electron chi connectivity index (χ3n) is 2.61. The third-order valence-corrected chi connectivity index (χ3v) is 2.61. The Hall–Kier alpha value is -1.83. The number of hydrogen-bond acceptors (Lipinski definition) is 5. The molecule has 1 fully saturated rings. The fraction of sp³-hybridized carbons (Fsp3) is 0.769. The van der Waals surface area contributed by atoms with Crippen LogP contribution in [-0.2, 0) is 14.3 Å². The van der Waals surface area contributed by atoms with Gasteiger partial charge in [0, 0.05) is 19.1 Å². The van der Waals surface area contributed by atoms with Crippen molar-refractivity contribution in [3.05, 3.63) is 0 Å². The van der Waals surface area contributed by atoms with Crippen molar-refractivity contribution in [2.45, 2.75) is 45.8 Å². The molecule has 0 spiro atoms. The lowest BCUT2D eigenvalue weighted by Crippen LogP contribution is -2.42. The standard InChI is InChI=1S/C11H22N2O2.C2H2O4/c1-9-5-6-12-7-8-13(9)10(14)15-11(2,3)4;3-1(4)2(5)6/h9,12H,5-8H2,1-4H3;(H,3,4)(H,5,6). The summed E-state index contributed by atoms with van der Waals surface area (Å²) in [5, 5.41) is 18.1. The van der Waals surface area contributed by atoms with E-state index in [-0.39, 0.29) is 12.1 Å². The first-order chi connectivity index (χ1) is 9.54. The topological polar surface area (TPSA) is 116 Å². The van der Waals surface area contributed by atoms with Crippen LogP contribution in [0.25, 0.3) is 0 Å². The van der Waals surface area contributed by atoms with Gasteiger partial charge in [0.2, 0.25) is 0 Å². The summed E-state index contributed by atoms with van der Waals surface area (Å²) >= 11 is 0. The molecule has 8 heteroatoms. The van der Waals surface area contributed by atoms with Crippen molar-refractivity contribution in [3.8, 4) is 0 Å². The zero-order chi connectivity index (χ0) is 16.6. The van der Waals surface area contributed by atoms with Crippen LogP contribution in [0.2, 0.25) is 0 Å². The van der Waals surface area contributed by atoms with Gasteiger partial charge in [0.1, 0.15) is 5.60 Å². The summed E-state index contributed by atoms with van der Waals surface area (Å²) in [4.78, 5) is 31.9. The van der Waals surface area contributed by atoms with Gasteiger partial charge < -0.3 is 25.2 Å². The molecule has 0 aromatic carbocycles. The fourth-order valence-corrected chi connectivity index (χ4v) is 1.60. The molecule has 1 heterocycles. The van der Waals surface area contributed by atoms with Gasteiger partial charge in [0.15, 0.2) is 0 Å². The van der Waals surface area contributed by atoms with Crippen molar-refractivity contribution in [1.29, 1.82) is 0 Å². The SMILES string of the molecule is CC1CCNCCN1C(=O)OC(C)(C)C.O=C(O)C(=O)O. The number of nitrogens with one attached hydrogen (secondary N) is 1. The van der Waals surface area contributed by atoms with Gasteiger partial charge in [0.25, 0.3) is 0 Å². The van der Waals surface area contributed by atoms with Crippen molar-refractivity contribution in [1.82, 2.24) is 10.2 Å². The highest BCUT2D eigenvalue weighted by molar-refractivity contribution is 6.27. The molecule has 0 radical (unpaired) electrons. The third kappa shape index (κ3) is 8.85. The molecule has 0 aliphatic carbocycles. The Morgan fingerprint density at radius 2 is 1.67 bits per heavy atom. The van der Waals surface area contributed by atoms with E-state index in [0.29, 0.717) is 0 Å². The van der Waals surface area contributed by atoms with Crippen molar-refractivity contribution in [2.24, 2.45) is 0 Å². The fourth-order valence-electron chi connectivity index (χ4n) is 1.60. The zero-order valence-corrected chi connectivity index (χ0v) is 12.9. The van der Waals surface area contributed by atoms with Gasteiger partial charge in [-0.1, -0.05) is 0 Å². The maximum Gasteiger partial charge on any atom is 0.414 e. The molecule has 8 nitrogen and oxygen atoms in total. The zero-order valence-electron chi connectivity index (χ0n) is 12.9. The average molecular weight is 304 g/mol. The smallest absolute Gasteiger partial charge is 0.414 e. The largest absolute Gasteiger partial charge is 0.473 e. The summed E-state index contributed by atoms with van der Waals surface area (Å²) < 4.78 is 5.36. The number of carbonyl (C=O) groups is 3. The van der Waals surface area contributed by atoms with Crippen molar-refractivity contribution in [2.75, 3.05) is 19.6 Å². The van der Waals surface area contributed by atoms with Gasteiger partial charge in [-0.3, -0.25) is 0 Å². The Bertz CT molecular complexity index is 365. The van der Waals surface area contributed by atoms with Crippen LogP contribution in [0.15, 0.2) is 0 Å². The van der Waals surface area contributed by atoms with Gasteiger partial charge in [-0.2, -0.15) is 0 Å². The second-order valence-corrected chi connectivity index (χ2v) is 5.67. The molecule has 3 N–H and O–H groups in total. The Labute approximate surface area is 124 Å². The number of aliphatic carboxylic acids is 2. The Balaban J connectivity index is 0.000000567. The molecule has 1 unspecified atom stereocenters. The van der Waals surface area contributed by atoms with Gasteiger partial charge >= 0.3 is 18.0 Å². The molecule has 0 aromatic heterocycles. The summed E-state index contributed by atoms with van der Waals surface area (Å²) in [6.07, 6.45) is 0.790. The van der Waals surface area contributed by atoms with E-state index in [1.165, 1.54) is 0 Å². The van der Waals surface area contributed by atoms with Crippen LogP contribution in [0.3, 0.4) is 0 Å².